The Morgan fingerprint density at radius 1 is 1.13 bits per heavy atom. The van der Waals surface area contributed by atoms with E-state index in [2.05, 4.69) is 4.98 Å². The van der Waals surface area contributed by atoms with E-state index in [1.54, 1.807) is 24.1 Å². The van der Waals surface area contributed by atoms with Crippen molar-refractivity contribution in [3.63, 3.8) is 0 Å². The second-order valence-corrected chi connectivity index (χ2v) is 8.13. The molecule has 3 aromatic rings. The van der Waals surface area contributed by atoms with Crippen LogP contribution >= 0.6 is 0 Å². The predicted molar refractivity (Wildman–Crippen MR) is 108 cm³/mol. The fraction of sp³-hybridized carbons (Fsp3) is 0.348. The summed E-state index contributed by atoms with van der Waals surface area (Å²) >= 11 is 0. The fourth-order valence-corrected chi connectivity index (χ4v) is 4.92. The first-order valence-electron chi connectivity index (χ1n) is 9.89. The van der Waals surface area contributed by atoms with Gasteiger partial charge in [-0.1, -0.05) is 0 Å². The van der Waals surface area contributed by atoms with Gasteiger partial charge < -0.3 is 19.4 Å². The maximum absolute atomic E-state index is 15.0. The zero-order valence-electron chi connectivity index (χ0n) is 17.0. The van der Waals surface area contributed by atoms with E-state index in [1.165, 1.54) is 32.2 Å². The van der Waals surface area contributed by atoms with Crippen LogP contribution in [0.25, 0.3) is 10.9 Å². The first-order valence-corrected chi connectivity index (χ1v) is 9.89. The van der Waals surface area contributed by atoms with Gasteiger partial charge in [-0.05, 0) is 42.7 Å². The van der Waals surface area contributed by atoms with Crippen LogP contribution in [0.4, 0.5) is 8.78 Å². The molecule has 156 valence electrons. The van der Waals surface area contributed by atoms with Crippen molar-refractivity contribution in [3.05, 3.63) is 58.8 Å². The summed E-state index contributed by atoms with van der Waals surface area (Å²) in [4.78, 5) is 17.8. The summed E-state index contributed by atoms with van der Waals surface area (Å²) in [5, 5.41) is 0.510. The lowest BCUT2D eigenvalue weighted by Gasteiger charge is -2.40. The van der Waals surface area contributed by atoms with Gasteiger partial charge in [-0.25, -0.2) is 8.78 Å². The van der Waals surface area contributed by atoms with E-state index in [4.69, 9.17) is 9.47 Å². The highest BCUT2D eigenvalue weighted by molar-refractivity contribution is 5.93. The summed E-state index contributed by atoms with van der Waals surface area (Å²) in [6, 6.07) is 6.74. The molecule has 5 rings (SSSR count). The highest BCUT2D eigenvalue weighted by Gasteiger charge is 2.55. The van der Waals surface area contributed by atoms with Gasteiger partial charge in [-0.15, -0.1) is 0 Å². The molecule has 1 aliphatic heterocycles. The van der Waals surface area contributed by atoms with Crippen molar-refractivity contribution in [2.45, 2.75) is 31.2 Å². The van der Waals surface area contributed by atoms with Gasteiger partial charge in [0.2, 0.25) is 5.91 Å². The van der Waals surface area contributed by atoms with E-state index in [1.807, 2.05) is 0 Å². The summed E-state index contributed by atoms with van der Waals surface area (Å²) < 4.78 is 39.8. The van der Waals surface area contributed by atoms with E-state index in [9.17, 15) is 9.18 Å². The van der Waals surface area contributed by atoms with Crippen molar-refractivity contribution in [1.29, 1.82) is 0 Å². The number of hydrogen-bond acceptors (Lipinski definition) is 3. The quantitative estimate of drug-likeness (QED) is 0.692. The number of carbonyl (C=O) groups excluding carboxylic acids is 1. The third-order valence-corrected chi connectivity index (χ3v) is 6.45. The van der Waals surface area contributed by atoms with Gasteiger partial charge in [-0.2, -0.15) is 0 Å². The van der Waals surface area contributed by atoms with Crippen LogP contribution in [-0.4, -0.2) is 36.6 Å². The normalized spacial score (nSPS) is 19.1. The molecule has 30 heavy (non-hydrogen) atoms. The number of benzene rings is 2. The van der Waals surface area contributed by atoms with Gasteiger partial charge in [0.05, 0.1) is 19.7 Å². The van der Waals surface area contributed by atoms with Crippen molar-refractivity contribution in [3.8, 4) is 11.5 Å². The average Bonchev–Trinajstić information content (AvgIpc) is 3.36. The molecular formula is C23H22F2N2O3. The number of hydrogen-bond donors (Lipinski definition) is 1. The maximum atomic E-state index is 15.0. The third kappa shape index (κ3) is 2.54. The molecular weight excluding hydrogens is 390 g/mol. The molecule has 2 aromatic carbocycles. The Labute approximate surface area is 172 Å². The summed E-state index contributed by atoms with van der Waals surface area (Å²) in [6.07, 6.45) is 1.75. The molecule has 0 radical (unpaired) electrons. The molecule has 1 fully saturated rings. The van der Waals surface area contributed by atoms with Crippen LogP contribution in [-0.2, 0) is 10.2 Å². The summed E-state index contributed by atoms with van der Waals surface area (Å²) in [7, 11) is 3.01. The first kappa shape index (κ1) is 18.9. The van der Waals surface area contributed by atoms with Crippen molar-refractivity contribution in [2.75, 3.05) is 20.8 Å². The molecule has 7 heteroatoms. The zero-order valence-corrected chi connectivity index (χ0v) is 17.0. The van der Waals surface area contributed by atoms with Crippen LogP contribution in [0.1, 0.15) is 42.6 Å². The van der Waals surface area contributed by atoms with Gasteiger partial charge in [0.15, 0.2) is 0 Å². The molecule has 1 atom stereocenters. The lowest BCUT2D eigenvalue weighted by atomic mass is 9.83. The number of carbonyl (C=O) groups is 1. The minimum absolute atomic E-state index is 0.102. The zero-order chi connectivity index (χ0) is 21.2. The lowest BCUT2D eigenvalue weighted by molar-refractivity contribution is -0.131. The molecule has 1 N–H and O–H groups in total. The molecule has 1 aromatic heterocycles. The topological polar surface area (TPSA) is 54.6 Å². The molecule has 1 saturated carbocycles. The summed E-state index contributed by atoms with van der Waals surface area (Å²) in [6.45, 7) is 2.00. The molecule has 1 unspecified atom stereocenters. The van der Waals surface area contributed by atoms with Crippen LogP contribution in [0.5, 0.6) is 11.5 Å². The van der Waals surface area contributed by atoms with Gasteiger partial charge in [0, 0.05) is 41.6 Å². The molecule has 1 amide bonds. The number of methoxy groups -OCH3 is 2. The molecule has 1 spiro atoms. The molecule has 0 saturated heterocycles. The van der Waals surface area contributed by atoms with E-state index >= 15 is 4.39 Å². The van der Waals surface area contributed by atoms with Crippen molar-refractivity contribution in [1.82, 2.24) is 9.88 Å². The fourth-order valence-electron chi connectivity index (χ4n) is 4.92. The minimum atomic E-state index is -0.546. The minimum Gasteiger partial charge on any atom is -0.496 e. The molecule has 5 nitrogen and oxygen atoms in total. The molecule has 1 aliphatic carbocycles. The number of halogens is 2. The smallest absolute Gasteiger partial charge is 0.220 e. The van der Waals surface area contributed by atoms with Crippen molar-refractivity contribution in [2.24, 2.45) is 0 Å². The van der Waals surface area contributed by atoms with Gasteiger partial charge in [-0.3, -0.25) is 4.79 Å². The largest absolute Gasteiger partial charge is 0.496 e. The number of amides is 1. The van der Waals surface area contributed by atoms with E-state index in [0.29, 0.717) is 34.5 Å². The number of fused-ring (bicyclic) bond motifs is 4. The van der Waals surface area contributed by atoms with Crippen LogP contribution < -0.4 is 9.47 Å². The van der Waals surface area contributed by atoms with E-state index < -0.39 is 11.9 Å². The monoisotopic (exact) mass is 412 g/mol. The predicted octanol–water partition coefficient (Wildman–Crippen LogP) is 4.45. The number of aromatic amines is 1. The summed E-state index contributed by atoms with van der Waals surface area (Å²) in [5.41, 5.74) is 2.57. The Kier molecular flexibility index (Phi) is 4.07. The second-order valence-electron chi connectivity index (χ2n) is 8.13. The van der Waals surface area contributed by atoms with Crippen molar-refractivity contribution < 1.29 is 23.0 Å². The Bertz CT molecular complexity index is 1180. The van der Waals surface area contributed by atoms with E-state index in [-0.39, 0.29) is 17.1 Å². The van der Waals surface area contributed by atoms with Gasteiger partial charge in [0.1, 0.15) is 29.2 Å². The van der Waals surface area contributed by atoms with Crippen LogP contribution in [0.3, 0.4) is 0 Å². The average molecular weight is 412 g/mol. The highest BCUT2D eigenvalue weighted by Crippen LogP contribution is 2.59. The standard InChI is InChI=1S/C23H22F2N2O3/c1-12(28)27-11-23(8-9-23)19-18-15(25)6-7-16(29-2)20(18)26-21(19)22(27)14-5-4-13(24)10-17(14)30-3/h4-7,10,22,26H,8-9,11H2,1-3H3. The van der Waals surface area contributed by atoms with Crippen LogP contribution in [0, 0.1) is 11.6 Å². The Morgan fingerprint density at radius 2 is 1.87 bits per heavy atom. The van der Waals surface area contributed by atoms with Crippen LogP contribution in [0.2, 0.25) is 0 Å². The number of nitrogens with zero attached hydrogens (tertiary/aromatic N) is 1. The highest BCUT2D eigenvalue weighted by atomic mass is 19.1. The first-order chi connectivity index (χ1) is 14.4. The van der Waals surface area contributed by atoms with Crippen LogP contribution in [0.15, 0.2) is 30.3 Å². The Morgan fingerprint density at radius 3 is 2.50 bits per heavy atom. The Hall–Kier alpha value is -3.09. The second kappa shape index (κ2) is 6.45. The summed E-state index contributed by atoms with van der Waals surface area (Å²) in [5.74, 6) is 0.0277. The van der Waals surface area contributed by atoms with Gasteiger partial charge in [0.25, 0.3) is 0 Å². The number of nitrogens with one attached hydrogen (secondary N) is 1. The van der Waals surface area contributed by atoms with Crippen molar-refractivity contribution >= 4 is 16.8 Å². The van der Waals surface area contributed by atoms with E-state index in [0.717, 1.165) is 24.1 Å². The molecule has 2 aliphatic rings. The molecule has 0 bridgehead atoms. The number of rotatable bonds is 3. The SMILES string of the molecule is COc1cc(F)ccc1C1c2[nH]c3c(OC)ccc(F)c3c2C2(CC2)CN1C(C)=O. The number of H-pyrrole nitrogens is 1. The molecule has 2 heterocycles. The van der Waals surface area contributed by atoms with Gasteiger partial charge >= 0.3 is 0 Å². The number of ether oxygens (including phenoxy) is 2. The Balaban J connectivity index is 1.85. The lowest BCUT2D eigenvalue weighted by Crippen LogP contribution is -2.44. The number of aromatic nitrogens is 1. The maximum Gasteiger partial charge on any atom is 0.220 e. The third-order valence-electron chi connectivity index (χ3n) is 6.45.